The normalized spacial score (nSPS) is 10.3. The molecule has 6 nitrogen and oxygen atoms in total. The van der Waals surface area contributed by atoms with E-state index >= 15 is 0 Å². The van der Waals surface area contributed by atoms with Gasteiger partial charge in [-0.15, -0.1) is 0 Å². The molecule has 0 aliphatic heterocycles. The molecule has 154 valence electrons. The van der Waals surface area contributed by atoms with E-state index in [-0.39, 0.29) is 18.7 Å². The molecule has 0 aromatic heterocycles. The number of amides is 2. The highest BCUT2D eigenvalue weighted by Gasteiger charge is 2.12. The van der Waals surface area contributed by atoms with E-state index < -0.39 is 18.5 Å². The molecule has 0 spiro atoms. The minimum Gasteiger partial charge on any atom is -0.456 e. The Hall–Kier alpha value is -2.09. The number of benzene rings is 2. The molecule has 0 unspecified atom stereocenters. The van der Waals surface area contributed by atoms with Crippen LogP contribution in [0.2, 0.25) is 10.0 Å². The number of nitrogens with one attached hydrogen (secondary N) is 2. The van der Waals surface area contributed by atoms with Gasteiger partial charge < -0.3 is 15.4 Å². The fourth-order valence-corrected chi connectivity index (χ4v) is 3.10. The number of hydrogen-bond acceptors (Lipinski definition) is 4. The van der Waals surface area contributed by atoms with E-state index in [1.807, 2.05) is 19.1 Å². The largest absolute Gasteiger partial charge is 0.456 e. The van der Waals surface area contributed by atoms with Gasteiger partial charge in [-0.1, -0.05) is 46.1 Å². The van der Waals surface area contributed by atoms with Crippen molar-refractivity contribution in [3.05, 3.63) is 56.5 Å². The van der Waals surface area contributed by atoms with Crippen molar-refractivity contribution in [2.45, 2.75) is 26.2 Å². The van der Waals surface area contributed by atoms with E-state index in [2.05, 4.69) is 26.6 Å². The molecule has 2 aromatic rings. The summed E-state index contributed by atoms with van der Waals surface area (Å²) in [5.74, 6) is -1.47. The predicted octanol–water partition coefficient (Wildman–Crippen LogP) is 5.22. The van der Waals surface area contributed by atoms with Gasteiger partial charge in [0.2, 0.25) is 5.91 Å². The summed E-state index contributed by atoms with van der Waals surface area (Å²) in [7, 11) is 0. The van der Waals surface area contributed by atoms with Gasteiger partial charge in [0.15, 0.2) is 6.61 Å². The van der Waals surface area contributed by atoms with Crippen molar-refractivity contribution < 1.29 is 19.1 Å². The summed E-state index contributed by atoms with van der Waals surface area (Å²) in [5.41, 5.74) is 2.09. The van der Waals surface area contributed by atoms with Gasteiger partial charge in [0.1, 0.15) is 0 Å². The maximum atomic E-state index is 12.0. The SMILES string of the molecule is CCc1cc(Br)ccc1NC(=O)COC(=O)CCC(=O)Nc1ccc(Cl)c(Cl)c1. The lowest BCUT2D eigenvalue weighted by molar-refractivity contribution is -0.147. The zero-order chi connectivity index (χ0) is 21.4. The second-order valence-electron chi connectivity index (χ2n) is 6.04. The highest BCUT2D eigenvalue weighted by atomic mass is 79.9. The zero-order valence-electron chi connectivity index (χ0n) is 15.6. The van der Waals surface area contributed by atoms with E-state index in [0.717, 1.165) is 16.5 Å². The molecule has 0 saturated carbocycles. The number of rotatable bonds is 8. The third-order valence-corrected chi connectivity index (χ3v) is 5.08. The summed E-state index contributed by atoms with van der Waals surface area (Å²) in [5, 5.41) is 6.01. The molecule has 29 heavy (non-hydrogen) atoms. The van der Waals surface area contributed by atoms with Crippen LogP contribution in [0, 0.1) is 0 Å². The Kier molecular flexibility index (Phi) is 8.95. The number of carbonyl (C=O) groups is 3. The summed E-state index contributed by atoms with van der Waals surface area (Å²) in [6.45, 7) is 1.55. The van der Waals surface area contributed by atoms with Crippen LogP contribution in [0.25, 0.3) is 0 Å². The topological polar surface area (TPSA) is 84.5 Å². The van der Waals surface area contributed by atoms with Crippen LogP contribution in [-0.4, -0.2) is 24.4 Å². The number of carbonyl (C=O) groups excluding carboxylic acids is 3. The quantitative estimate of drug-likeness (QED) is 0.485. The smallest absolute Gasteiger partial charge is 0.306 e. The molecule has 0 aliphatic carbocycles. The Morgan fingerprint density at radius 3 is 2.41 bits per heavy atom. The summed E-state index contributed by atoms with van der Waals surface area (Å²) >= 11 is 15.1. The number of halogens is 3. The molecule has 0 bridgehead atoms. The van der Waals surface area contributed by atoms with Crippen LogP contribution in [0.15, 0.2) is 40.9 Å². The average molecular weight is 502 g/mol. The van der Waals surface area contributed by atoms with Crippen molar-refractivity contribution >= 4 is 68.3 Å². The highest BCUT2D eigenvalue weighted by Crippen LogP contribution is 2.25. The van der Waals surface area contributed by atoms with E-state index in [0.29, 0.717) is 21.4 Å². The van der Waals surface area contributed by atoms with E-state index in [1.165, 1.54) is 6.07 Å². The summed E-state index contributed by atoms with van der Waals surface area (Å²) in [6, 6.07) is 10.2. The van der Waals surface area contributed by atoms with Crippen LogP contribution in [0.4, 0.5) is 11.4 Å². The van der Waals surface area contributed by atoms with Gasteiger partial charge in [0.05, 0.1) is 16.5 Å². The fraction of sp³-hybridized carbons (Fsp3) is 0.250. The summed E-state index contributed by atoms with van der Waals surface area (Å²) in [4.78, 5) is 35.7. The van der Waals surface area contributed by atoms with Crippen molar-refractivity contribution in [3.8, 4) is 0 Å². The van der Waals surface area contributed by atoms with Crippen LogP contribution in [0.5, 0.6) is 0 Å². The minimum atomic E-state index is -0.643. The molecule has 0 fully saturated rings. The lowest BCUT2D eigenvalue weighted by Gasteiger charge is -2.11. The van der Waals surface area contributed by atoms with Crippen molar-refractivity contribution in [1.29, 1.82) is 0 Å². The van der Waals surface area contributed by atoms with Gasteiger partial charge in [-0.2, -0.15) is 0 Å². The molecule has 0 atom stereocenters. The predicted molar refractivity (Wildman–Crippen MR) is 117 cm³/mol. The molecule has 2 aromatic carbocycles. The average Bonchev–Trinajstić information content (AvgIpc) is 2.69. The molecule has 2 N–H and O–H groups in total. The van der Waals surface area contributed by atoms with Gasteiger partial charge in [-0.05, 0) is 48.4 Å². The number of esters is 1. The van der Waals surface area contributed by atoms with Crippen LogP contribution < -0.4 is 10.6 Å². The molecule has 0 aliphatic rings. The molecule has 0 radical (unpaired) electrons. The van der Waals surface area contributed by atoms with E-state index in [1.54, 1.807) is 18.2 Å². The van der Waals surface area contributed by atoms with Crippen molar-refractivity contribution in [1.82, 2.24) is 0 Å². The molecule has 9 heteroatoms. The van der Waals surface area contributed by atoms with Crippen molar-refractivity contribution in [3.63, 3.8) is 0 Å². The van der Waals surface area contributed by atoms with Crippen LogP contribution >= 0.6 is 39.1 Å². The van der Waals surface area contributed by atoms with Crippen LogP contribution in [-0.2, 0) is 25.5 Å². The summed E-state index contributed by atoms with van der Waals surface area (Å²) < 4.78 is 5.84. The van der Waals surface area contributed by atoms with Crippen molar-refractivity contribution in [2.24, 2.45) is 0 Å². The molecular formula is C20H19BrCl2N2O4. The van der Waals surface area contributed by atoms with E-state index in [4.69, 9.17) is 27.9 Å². The molecular weight excluding hydrogens is 483 g/mol. The molecule has 0 saturated heterocycles. The number of hydrogen-bond donors (Lipinski definition) is 2. The number of aryl methyl sites for hydroxylation is 1. The molecule has 2 rings (SSSR count). The van der Waals surface area contributed by atoms with Gasteiger partial charge in [-0.3, -0.25) is 14.4 Å². The van der Waals surface area contributed by atoms with Gasteiger partial charge in [-0.25, -0.2) is 0 Å². The Labute approximate surface area is 187 Å². The first-order valence-corrected chi connectivity index (χ1v) is 10.3. The third-order valence-electron chi connectivity index (χ3n) is 3.85. The standard InChI is InChI=1S/C20H19BrCl2N2O4/c1-2-12-9-13(21)3-6-17(12)25-19(27)11-29-20(28)8-7-18(26)24-14-4-5-15(22)16(23)10-14/h3-6,9-10H,2,7-8,11H2,1H3,(H,24,26)(H,25,27). The maximum Gasteiger partial charge on any atom is 0.306 e. The number of anilines is 2. The molecule has 0 heterocycles. The van der Waals surface area contributed by atoms with Crippen LogP contribution in [0.1, 0.15) is 25.3 Å². The maximum absolute atomic E-state index is 12.0. The van der Waals surface area contributed by atoms with Gasteiger partial charge in [0, 0.05) is 22.3 Å². The first-order valence-electron chi connectivity index (χ1n) is 8.77. The summed E-state index contributed by atoms with van der Waals surface area (Å²) in [6.07, 6.45) is 0.495. The van der Waals surface area contributed by atoms with Gasteiger partial charge >= 0.3 is 5.97 Å². The lowest BCUT2D eigenvalue weighted by atomic mass is 10.1. The minimum absolute atomic E-state index is 0.0899. The third kappa shape index (κ3) is 7.68. The monoisotopic (exact) mass is 500 g/mol. The van der Waals surface area contributed by atoms with Crippen LogP contribution in [0.3, 0.4) is 0 Å². The second kappa shape index (κ2) is 11.2. The lowest BCUT2D eigenvalue weighted by Crippen LogP contribution is -2.22. The Morgan fingerprint density at radius 2 is 1.72 bits per heavy atom. The fourth-order valence-electron chi connectivity index (χ4n) is 2.39. The van der Waals surface area contributed by atoms with E-state index in [9.17, 15) is 14.4 Å². The van der Waals surface area contributed by atoms with Gasteiger partial charge in [0.25, 0.3) is 5.91 Å². The molecule has 2 amide bonds. The van der Waals surface area contributed by atoms with Crippen molar-refractivity contribution in [2.75, 3.05) is 17.2 Å². The Balaban J connectivity index is 1.74. The second-order valence-corrected chi connectivity index (χ2v) is 7.77. The number of ether oxygens (including phenoxy) is 1. The Bertz CT molecular complexity index is 921. The zero-order valence-corrected chi connectivity index (χ0v) is 18.7. The highest BCUT2D eigenvalue weighted by molar-refractivity contribution is 9.10. The first kappa shape index (κ1) is 23.2. The first-order chi connectivity index (χ1) is 13.8. The Morgan fingerprint density at radius 1 is 0.966 bits per heavy atom.